The van der Waals surface area contributed by atoms with E-state index in [1.165, 1.54) is 11.9 Å². The number of amides is 4. The Morgan fingerprint density at radius 2 is 1.79 bits per heavy atom. The molecule has 0 aromatic heterocycles. The minimum Gasteiger partial charge on any atom is -0.454 e. The first-order valence-electron chi connectivity index (χ1n) is 8.85. The standard InChI is InChI=1S/C18H21ClN4O5/c1-20-10-15(24)23(18(20)27)11-17(26)28-12-16(25)22-8-6-21(7-9-22)14-5-3-2-4-13(14)19/h2-5H,6-12H2,1H3. The number of para-hydroxylation sites is 1. The first kappa shape index (κ1) is 19.9. The number of rotatable bonds is 5. The lowest BCUT2D eigenvalue weighted by atomic mass is 10.2. The van der Waals surface area contributed by atoms with Gasteiger partial charge in [0, 0.05) is 33.2 Å². The van der Waals surface area contributed by atoms with Gasteiger partial charge in [-0.15, -0.1) is 0 Å². The third-order valence-corrected chi connectivity index (χ3v) is 5.02. The number of esters is 1. The highest BCUT2D eigenvalue weighted by atomic mass is 35.5. The molecular weight excluding hydrogens is 388 g/mol. The Morgan fingerprint density at radius 1 is 1.11 bits per heavy atom. The van der Waals surface area contributed by atoms with Crippen molar-refractivity contribution in [2.75, 3.05) is 57.8 Å². The molecule has 0 unspecified atom stereocenters. The van der Waals surface area contributed by atoms with Gasteiger partial charge in [0.2, 0.25) is 0 Å². The molecule has 2 fully saturated rings. The smallest absolute Gasteiger partial charge is 0.327 e. The second kappa shape index (κ2) is 8.47. The Balaban J connectivity index is 1.43. The van der Waals surface area contributed by atoms with E-state index < -0.39 is 31.1 Å². The zero-order valence-corrected chi connectivity index (χ0v) is 16.2. The van der Waals surface area contributed by atoms with E-state index in [9.17, 15) is 19.2 Å². The van der Waals surface area contributed by atoms with Gasteiger partial charge >= 0.3 is 12.0 Å². The Morgan fingerprint density at radius 3 is 2.39 bits per heavy atom. The number of likely N-dealkylation sites (N-methyl/N-ethyl adjacent to an activating group) is 1. The van der Waals surface area contributed by atoms with Gasteiger partial charge in [0.1, 0.15) is 13.1 Å². The molecule has 2 saturated heterocycles. The highest BCUT2D eigenvalue weighted by Gasteiger charge is 2.35. The molecule has 2 heterocycles. The molecule has 10 heteroatoms. The Kier molecular flexibility index (Phi) is 6.03. The van der Waals surface area contributed by atoms with Gasteiger partial charge in [-0.25, -0.2) is 4.79 Å². The number of halogens is 1. The van der Waals surface area contributed by atoms with Crippen molar-refractivity contribution in [2.24, 2.45) is 0 Å². The first-order valence-corrected chi connectivity index (χ1v) is 9.23. The van der Waals surface area contributed by atoms with Gasteiger partial charge < -0.3 is 19.4 Å². The molecule has 0 radical (unpaired) electrons. The van der Waals surface area contributed by atoms with Crippen LogP contribution in [0.25, 0.3) is 0 Å². The second-order valence-electron chi connectivity index (χ2n) is 6.60. The summed E-state index contributed by atoms with van der Waals surface area (Å²) in [6.45, 7) is 1.22. The molecule has 9 nitrogen and oxygen atoms in total. The minimum atomic E-state index is -0.792. The summed E-state index contributed by atoms with van der Waals surface area (Å²) >= 11 is 6.21. The number of imide groups is 1. The molecule has 28 heavy (non-hydrogen) atoms. The summed E-state index contributed by atoms with van der Waals surface area (Å²) in [6.07, 6.45) is 0. The van der Waals surface area contributed by atoms with Crippen LogP contribution in [0.4, 0.5) is 10.5 Å². The zero-order chi connectivity index (χ0) is 20.3. The van der Waals surface area contributed by atoms with Gasteiger partial charge in [0.25, 0.3) is 11.8 Å². The van der Waals surface area contributed by atoms with Crippen molar-refractivity contribution < 1.29 is 23.9 Å². The molecule has 0 atom stereocenters. The van der Waals surface area contributed by atoms with Crippen molar-refractivity contribution in [2.45, 2.75) is 0 Å². The van der Waals surface area contributed by atoms with Crippen molar-refractivity contribution in [3.05, 3.63) is 29.3 Å². The van der Waals surface area contributed by atoms with Crippen LogP contribution in [0.2, 0.25) is 5.02 Å². The maximum absolute atomic E-state index is 12.3. The highest BCUT2D eigenvalue weighted by molar-refractivity contribution is 6.33. The van der Waals surface area contributed by atoms with Crippen LogP contribution in [0.15, 0.2) is 24.3 Å². The summed E-state index contributed by atoms with van der Waals surface area (Å²) in [7, 11) is 1.47. The van der Waals surface area contributed by atoms with Crippen molar-refractivity contribution in [1.29, 1.82) is 0 Å². The molecule has 0 saturated carbocycles. The van der Waals surface area contributed by atoms with E-state index >= 15 is 0 Å². The number of carbonyl (C=O) groups is 4. The summed E-state index contributed by atoms with van der Waals surface area (Å²) in [5.74, 6) is -1.57. The summed E-state index contributed by atoms with van der Waals surface area (Å²) in [5, 5.41) is 0.660. The number of piperazine rings is 1. The van der Waals surface area contributed by atoms with Crippen LogP contribution in [-0.2, 0) is 19.1 Å². The Labute approximate surface area is 167 Å². The van der Waals surface area contributed by atoms with Gasteiger partial charge in [-0.05, 0) is 12.1 Å². The van der Waals surface area contributed by atoms with E-state index in [2.05, 4.69) is 4.90 Å². The molecule has 0 bridgehead atoms. The predicted molar refractivity (Wildman–Crippen MR) is 101 cm³/mol. The molecular formula is C18H21ClN4O5. The normalized spacial score (nSPS) is 17.4. The van der Waals surface area contributed by atoms with Crippen molar-refractivity contribution in [3.63, 3.8) is 0 Å². The van der Waals surface area contributed by atoms with Gasteiger partial charge in [0.05, 0.1) is 10.7 Å². The second-order valence-corrected chi connectivity index (χ2v) is 7.01. The Bertz CT molecular complexity index is 794. The Hall–Kier alpha value is -2.81. The van der Waals surface area contributed by atoms with Crippen molar-refractivity contribution >= 4 is 41.1 Å². The van der Waals surface area contributed by atoms with E-state index in [4.69, 9.17) is 16.3 Å². The number of ether oxygens (including phenoxy) is 1. The summed E-state index contributed by atoms with van der Waals surface area (Å²) in [4.78, 5) is 53.3. The van der Waals surface area contributed by atoms with Gasteiger partial charge in [-0.3, -0.25) is 19.3 Å². The quantitative estimate of drug-likeness (QED) is 0.518. The number of hydrogen-bond acceptors (Lipinski definition) is 6. The monoisotopic (exact) mass is 408 g/mol. The molecule has 0 aliphatic carbocycles. The molecule has 2 aliphatic heterocycles. The van der Waals surface area contributed by atoms with Crippen LogP contribution in [0.1, 0.15) is 0 Å². The SMILES string of the molecule is CN1CC(=O)N(CC(=O)OCC(=O)N2CCN(c3ccccc3Cl)CC2)C1=O. The van der Waals surface area contributed by atoms with Crippen LogP contribution >= 0.6 is 11.6 Å². The molecule has 4 amide bonds. The number of anilines is 1. The average Bonchev–Trinajstić information content (AvgIpc) is 2.93. The fourth-order valence-corrected chi connectivity index (χ4v) is 3.39. The minimum absolute atomic E-state index is 0.0687. The molecule has 1 aromatic rings. The molecule has 1 aromatic carbocycles. The summed E-state index contributed by atoms with van der Waals surface area (Å²) in [5.41, 5.74) is 0.924. The summed E-state index contributed by atoms with van der Waals surface area (Å²) < 4.78 is 4.95. The maximum atomic E-state index is 12.3. The number of nitrogens with zero attached hydrogens (tertiary/aromatic N) is 4. The topological polar surface area (TPSA) is 90.5 Å². The molecule has 3 rings (SSSR count). The maximum Gasteiger partial charge on any atom is 0.327 e. The van der Waals surface area contributed by atoms with E-state index in [0.29, 0.717) is 31.2 Å². The third kappa shape index (κ3) is 4.36. The van der Waals surface area contributed by atoms with Crippen LogP contribution < -0.4 is 4.90 Å². The van der Waals surface area contributed by atoms with E-state index in [1.54, 1.807) is 4.90 Å². The fraction of sp³-hybridized carbons (Fsp3) is 0.444. The van der Waals surface area contributed by atoms with Gasteiger partial charge in [-0.1, -0.05) is 23.7 Å². The van der Waals surface area contributed by atoms with Crippen molar-refractivity contribution in [1.82, 2.24) is 14.7 Å². The lowest BCUT2D eigenvalue weighted by Crippen LogP contribution is -2.50. The highest BCUT2D eigenvalue weighted by Crippen LogP contribution is 2.26. The van der Waals surface area contributed by atoms with Crippen LogP contribution in [0.3, 0.4) is 0 Å². The van der Waals surface area contributed by atoms with E-state index in [0.717, 1.165) is 10.6 Å². The van der Waals surface area contributed by atoms with E-state index in [-0.39, 0.29) is 12.5 Å². The molecule has 2 aliphatic rings. The average molecular weight is 409 g/mol. The van der Waals surface area contributed by atoms with Crippen LogP contribution in [0.5, 0.6) is 0 Å². The largest absolute Gasteiger partial charge is 0.454 e. The number of carbonyl (C=O) groups excluding carboxylic acids is 4. The number of urea groups is 1. The first-order chi connectivity index (χ1) is 13.4. The summed E-state index contributed by atoms with van der Waals surface area (Å²) in [6, 6.07) is 6.97. The molecule has 0 spiro atoms. The molecule has 0 N–H and O–H groups in total. The third-order valence-electron chi connectivity index (χ3n) is 4.70. The van der Waals surface area contributed by atoms with Crippen LogP contribution in [0, 0.1) is 0 Å². The van der Waals surface area contributed by atoms with E-state index in [1.807, 2.05) is 24.3 Å². The fourth-order valence-electron chi connectivity index (χ4n) is 3.14. The molecule has 150 valence electrons. The number of hydrogen-bond donors (Lipinski definition) is 0. The lowest BCUT2D eigenvalue weighted by molar-refractivity contribution is -0.153. The van der Waals surface area contributed by atoms with Gasteiger partial charge in [-0.2, -0.15) is 0 Å². The zero-order valence-electron chi connectivity index (χ0n) is 15.5. The van der Waals surface area contributed by atoms with Crippen molar-refractivity contribution in [3.8, 4) is 0 Å². The number of benzene rings is 1. The van der Waals surface area contributed by atoms with Crippen LogP contribution in [-0.4, -0.2) is 91.4 Å². The lowest BCUT2D eigenvalue weighted by Gasteiger charge is -2.36. The predicted octanol–water partition coefficient (Wildman–Crippen LogP) is 0.426. The van der Waals surface area contributed by atoms with Gasteiger partial charge in [0.15, 0.2) is 6.61 Å².